The zero-order valence-corrected chi connectivity index (χ0v) is 22.9. The largest absolute Gasteiger partial charge is 0.494 e. The first-order chi connectivity index (χ1) is 18.8. The van der Waals surface area contributed by atoms with Crippen LogP contribution in [0.2, 0.25) is 0 Å². The molecule has 0 saturated carbocycles. The number of ether oxygens (including phenoxy) is 2. The fourth-order valence-corrected chi connectivity index (χ4v) is 4.71. The van der Waals surface area contributed by atoms with Crippen LogP contribution < -0.4 is 14.8 Å². The zero-order chi connectivity index (χ0) is 27.8. The number of likely N-dealkylation sites (tertiary alicyclic amines) is 1. The van der Waals surface area contributed by atoms with Crippen molar-refractivity contribution in [1.82, 2.24) is 14.9 Å². The maximum atomic E-state index is 12.9. The molecule has 1 saturated heterocycles. The summed E-state index contributed by atoms with van der Waals surface area (Å²) in [7, 11) is 0. The van der Waals surface area contributed by atoms with E-state index in [2.05, 4.69) is 15.3 Å². The predicted molar refractivity (Wildman–Crippen MR) is 152 cm³/mol. The Balaban J connectivity index is 1.33. The first-order valence-electron chi connectivity index (χ1n) is 13.6. The number of piperidine rings is 1. The highest BCUT2D eigenvalue weighted by Crippen LogP contribution is 2.33. The number of nitrogens with zero attached hydrogens (tertiary/aromatic N) is 3. The number of aromatic nitrogens is 2. The molecule has 0 atom stereocenters. The SMILES string of the molecule is CCC(=O)C(=N)CCCOc1ccc2ncnc(C3CCN(C(=O)Nc4ccc(OC(C)C)cc4)CC3)c2c1. The lowest BCUT2D eigenvalue weighted by Crippen LogP contribution is -2.40. The smallest absolute Gasteiger partial charge is 0.321 e. The molecule has 2 heterocycles. The molecule has 0 bridgehead atoms. The third-order valence-electron chi connectivity index (χ3n) is 6.78. The van der Waals surface area contributed by atoms with E-state index in [0.29, 0.717) is 44.7 Å². The van der Waals surface area contributed by atoms with Crippen LogP contribution in [0.3, 0.4) is 0 Å². The molecule has 0 spiro atoms. The minimum absolute atomic E-state index is 0.0997. The van der Waals surface area contributed by atoms with Crippen molar-refractivity contribution in [3.63, 3.8) is 0 Å². The van der Waals surface area contributed by atoms with E-state index < -0.39 is 0 Å². The molecule has 0 radical (unpaired) electrons. The molecule has 1 aliphatic heterocycles. The monoisotopic (exact) mass is 531 g/mol. The number of carbonyl (C=O) groups excluding carboxylic acids is 2. The second-order valence-electron chi connectivity index (χ2n) is 10.0. The molecular formula is C30H37N5O4. The van der Waals surface area contributed by atoms with Crippen LogP contribution >= 0.6 is 0 Å². The van der Waals surface area contributed by atoms with E-state index in [4.69, 9.17) is 14.9 Å². The van der Waals surface area contributed by atoms with Crippen LogP contribution in [0, 0.1) is 5.41 Å². The summed E-state index contributed by atoms with van der Waals surface area (Å²) in [5, 5.41) is 11.7. The summed E-state index contributed by atoms with van der Waals surface area (Å²) in [5.41, 5.74) is 2.72. The van der Waals surface area contributed by atoms with Gasteiger partial charge in [-0.05, 0) is 82.0 Å². The Morgan fingerprint density at radius 1 is 1.08 bits per heavy atom. The molecular weight excluding hydrogens is 494 g/mol. The number of fused-ring (bicyclic) bond motifs is 1. The number of amides is 2. The minimum Gasteiger partial charge on any atom is -0.494 e. The number of carbonyl (C=O) groups is 2. The fourth-order valence-electron chi connectivity index (χ4n) is 4.71. The highest BCUT2D eigenvalue weighted by atomic mass is 16.5. The number of ketones is 1. The molecule has 9 heteroatoms. The van der Waals surface area contributed by atoms with Crippen LogP contribution in [-0.4, -0.2) is 58.2 Å². The minimum atomic E-state index is -0.114. The van der Waals surface area contributed by atoms with Gasteiger partial charge in [0.2, 0.25) is 0 Å². The third-order valence-corrected chi connectivity index (χ3v) is 6.78. The van der Waals surface area contributed by atoms with Gasteiger partial charge in [0.25, 0.3) is 0 Å². The van der Waals surface area contributed by atoms with Crippen LogP contribution in [-0.2, 0) is 4.79 Å². The topological polar surface area (TPSA) is 118 Å². The number of nitrogens with one attached hydrogen (secondary N) is 2. The van der Waals surface area contributed by atoms with Crippen molar-refractivity contribution in [2.24, 2.45) is 0 Å². The zero-order valence-electron chi connectivity index (χ0n) is 22.9. The van der Waals surface area contributed by atoms with Crippen molar-refractivity contribution in [2.45, 2.75) is 64.9 Å². The molecule has 2 aromatic carbocycles. The van der Waals surface area contributed by atoms with Gasteiger partial charge in [-0.25, -0.2) is 14.8 Å². The number of Topliss-reactive ketones (excluding diaryl/α,β-unsaturated/α-hetero) is 1. The van der Waals surface area contributed by atoms with Crippen LogP contribution in [0.25, 0.3) is 10.9 Å². The quantitative estimate of drug-likeness (QED) is 0.232. The Morgan fingerprint density at radius 2 is 1.79 bits per heavy atom. The highest BCUT2D eigenvalue weighted by Gasteiger charge is 2.26. The summed E-state index contributed by atoms with van der Waals surface area (Å²) in [4.78, 5) is 35.3. The van der Waals surface area contributed by atoms with E-state index in [1.165, 1.54) is 0 Å². The number of hydrogen-bond acceptors (Lipinski definition) is 7. The molecule has 206 valence electrons. The Kier molecular flexibility index (Phi) is 9.46. The standard InChI is InChI=1S/C30H37N5O4/c1-4-28(36)26(31)6-5-17-38-24-11-12-27-25(18-24)29(33-19-32-27)21-13-15-35(16-14-21)30(37)34-22-7-9-23(10-8-22)39-20(2)3/h7-12,18-21,31H,4-6,13-17H2,1-3H3,(H,34,37). The summed E-state index contributed by atoms with van der Waals surface area (Å²) in [6, 6.07) is 13.1. The fraction of sp³-hybridized carbons (Fsp3) is 0.433. The summed E-state index contributed by atoms with van der Waals surface area (Å²) < 4.78 is 11.6. The van der Waals surface area contributed by atoms with Gasteiger partial charge in [-0.2, -0.15) is 0 Å². The van der Waals surface area contributed by atoms with E-state index >= 15 is 0 Å². The van der Waals surface area contributed by atoms with Gasteiger partial charge >= 0.3 is 6.03 Å². The van der Waals surface area contributed by atoms with Gasteiger partial charge in [-0.1, -0.05) is 6.92 Å². The number of benzene rings is 2. The van der Waals surface area contributed by atoms with Crippen molar-refractivity contribution in [3.05, 3.63) is 54.5 Å². The number of urea groups is 1. The van der Waals surface area contributed by atoms with Crippen LogP contribution in [0.5, 0.6) is 11.5 Å². The molecule has 3 aromatic rings. The molecule has 2 N–H and O–H groups in total. The van der Waals surface area contributed by atoms with Gasteiger partial charge in [-0.15, -0.1) is 0 Å². The first kappa shape index (κ1) is 28.0. The van der Waals surface area contributed by atoms with Crippen LogP contribution in [0.15, 0.2) is 48.8 Å². The molecule has 1 fully saturated rings. The lowest BCUT2D eigenvalue weighted by Gasteiger charge is -2.32. The van der Waals surface area contributed by atoms with E-state index in [9.17, 15) is 9.59 Å². The maximum Gasteiger partial charge on any atom is 0.321 e. The third kappa shape index (κ3) is 7.52. The average molecular weight is 532 g/mol. The Morgan fingerprint density at radius 3 is 2.49 bits per heavy atom. The van der Waals surface area contributed by atoms with Crippen molar-refractivity contribution in [1.29, 1.82) is 5.41 Å². The lowest BCUT2D eigenvalue weighted by molar-refractivity contribution is -0.112. The number of rotatable bonds is 11. The summed E-state index contributed by atoms with van der Waals surface area (Å²) in [6.07, 6.45) is 4.69. The van der Waals surface area contributed by atoms with E-state index in [-0.39, 0.29) is 29.5 Å². The second kappa shape index (κ2) is 13.2. The Hall–Kier alpha value is -4.01. The Labute approximate surface area is 229 Å². The van der Waals surface area contributed by atoms with Crippen molar-refractivity contribution in [2.75, 3.05) is 25.0 Å². The van der Waals surface area contributed by atoms with Gasteiger partial charge < -0.3 is 25.1 Å². The second-order valence-corrected chi connectivity index (χ2v) is 10.0. The average Bonchev–Trinajstić information content (AvgIpc) is 2.95. The normalized spacial score (nSPS) is 13.9. The predicted octanol–water partition coefficient (Wildman–Crippen LogP) is 5.99. The van der Waals surface area contributed by atoms with Gasteiger partial charge in [0, 0.05) is 36.5 Å². The highest BCUT2D eigenvalue weighted by molar-refractivity contribution is 6.38. The van der Waals surface area contributed by atoms with E-state index in [1.807, 2.05) is 61.2 Å². The van der Waals surface area contributed by atoms with Crippen LogP contribution in [0.1, 0.15) is 64.5 Å². The molecule has 0 unspecified atom stereocenters. The Bertz CT molecular complexity index is 1300. The molecule has 0 aliphatic carbocycles. The van der Waals surface area contributed by atoms with Gasteiger partial charge in [0.1, 0.15) is 17.8 Å². The number of anilines is 1. The van der Waals surface area contributed by atoms with Crippen molar-refractivity contribution in [3.8, 4) is 11.5 Å². The molecule has 1 aromatic heterocycles. The summed E-state index contributed by atoms with van der Waals surface area (Å²) >= 11 is 0. The summed E-state index contributed by atoms with van der Waals surface area (Å²) in [5.74, 6) is 1.59. The molecule has 2 amide bonds. The molecule has 4 rings (SSSR count). The first-order valence-corrected chi connectivity index (χ1v) is 13.6. The summed E-state index contributed by atoms with van der Waals surface area (Å²) in [6.45, 7) is 7.42. The molecule has 1 aliphatic rings. The van der Waals surface area contributed by atoms with Crippen LogP contribution in [0.4, 0.5) is 10.5 Å². The van der Waals surface area contributed by atoms with Crippen molar-refractivity contribution >= 4 is 34.1 Å². The van der Waals surface area contributed by atoms with Gasteiger partial charge in [0.05, 0.1) is 29.6 Å². The molecule has 9 nitrogen and oxygen atoms in total. The van der Waals surface area contributed by atoms with E-state index in [1.54, 1.807) is 13.3 Å². The van der Waals surface area contributed by atoms with E-state index in [0.717, 1.165) is 40.9 Å². The van der Waals surface area contributed by atoms with Crippen molar-refractivity contribution < 1.29 is 19.1 Å². The lowest BCUT2D eigenvalue weighted by atomic mass is 9.91. The molecule has 39 heavy (non-hydrogen) atoms. The number of hydrogen-bond donors (Lipinski definition) is 2. The van der Waals surface area contributed by atoms with Gasteiger partial charge in [-0.3, -0.25) is 4.79 Å². The van der Waals surface area contributed by atoms with Gasteiger partial charge in [0.15, 0.2) is 5.78 Å². The maximum absolute atomic E-state index is 12.9.